The topological polar surface area (TPSA) is 66.3 Å². The van der Waals surface area contributed by atoms with Gasteiger partial charge in [0, 0.05) is 25.5 Å². The van der Waals surface area contributed by atoms with E-state index in [2.05, 4.69) is 9.97 Å². The summed E-state index contributed by atoms with van der Waals surface area (Å²) < 4.78 is 0. The van der Waals surface area contributed by atoms with Gasteiger partial charge in [0.2, 0.25) is 5.95 Å². The molecular formula is C11H15N3O2. The summed E-state index contributed by atoms with van der Waals surface area (Å²) >= 11 is 0. The number of nitrogens with zero attached hydrogens (tertiary/aromatic N) is 3. The normalized spacial score (nSPS) is 20.8. The summed E-state index contributed by atoms with van der Waals surface area (Å²) in [5.74, 6) is -0.382. The van der Waals surface area contributed by atoms with Gasteiger partial charge >= 0.3 is 5.97 Å². The zero-order chi connectivity index (χ0) is 11.5. The van der Waals surface area contributed by atoms with Gasteiger partial charge in [0.15, 0.2) is 0 Å². The molecule has 0 radical (unpaired) electrons. The third-order valence-electron chi connectivity index (χ3n) is 2.82. The predicted molar refractivity (Wildman–Crippen MR) is 59.3 cm³/mol. The van der Waals surface area contributed by atoms with Crippen molar-refractivity contribution in [2.45, 2.75) is 19.8 Å². The maximum Gasteiger partial charge on any atom is 0.308 e. The Hall–Kier alpha value is -1.65. The van der Waals surface area contributed by atoms with E-state index in [4.69, 9.17) is 5.11 Å². The van der Waals surface area contributed by atoms with Crippen molar-refractivity contribution < 1.29 is 9.90 Å². The molecule has 0 saturated carbocycles. The molecule has 0 aromatic carbocycles. The average molecular weight is 221 g/mol. The molecule has 1 atom stereocenters. The Morgan fingerprint density at radius 3 is 2.81 bits per heavy atom. The van der Waals surface area contributed by atoms with Crippen LogP contribution in [0.15, 0.2) is 12.4 Å². The molecule has 1 aliphatic rings. The Morgan fingerprint density at radius 1 is 1.50 bits per heavy atom. The van der Waals surface area contributed by atoms with Gasteiger partial charge in [-0.1, -0.05) is 0 Å². The van der Waals surface area contributed by atoms with Crippen molar-refractivity contribution in [3.63, 3.8) is 0 Å². The first kappa shape index (κ1) is 10.9. The maximum absolute atomic E-state index is 10.9. The summed E-state index contributed by atoms with van der Waals surface area (Å²) in [6.45, 7) is 3.28. The van der Waals surface area contributed by atoms with Crippen molar-refractivity contribution in [3.05, 3.63) is 18.0 Å². The summed E-state index contributed by atoms with van der Waals surface area (Å²) in [5, 5.41) is 8.98. The Labute approximate surface area is 94.1 Å². The number of aryl methyl sites for hydroxylation is 1. The summed E-state index contributed by atoms with van der Waals surface area (Å²) in [5.41, 5.74) is 1.01. The van der Waals surface area contributed by atoms with E-state index in [0.717, 1.165) is 24.9 Å². The lowest BCUT2D eigenvalue weighted by atomic mass is 9.99. The number of rotatable bonds is 2. The summed E-state index contributed by atoms with van der Waals surface area (Å²) in [6, 6.07) is 0. The van der Waals surface area contributed by atoms with Crippen molar-refractivity contribution >= 4 is 11.9 Å². The van der Waals surface area contributed by atoms with Crippen LogP contribution >= 0.6 is 0 Å². The number of aromatic nitrogens is 2. The first-order chi connectivity index (χ1) is 7.66. The smallest absolute Gasteiger partial charge is 0.308 e. The van der Waals surface area contributed by atoms with Crippen molar-refractivity contribution in [3.8, 4) is 0 Å². The Balaban J connectivity index is 2.09. The molecule has 2 heterocycles. The maximum atomic E-state index is 10.9. The number of aliphatic carboxylic acids is 1. The molecule has 1 fully saturated rings. The first-order valence-electron chi connectivity index (χ1n) is 5.43. The Morgan fingerprint density at radius 2 is 2.19 bits per heavy atom. The van der Waals surface area contributed by atoms with E-state index in [-0.39, 0.29) is 5.92 Å². The largest absolute Gasteiger partial charge is 0.481 e. The second-order valence-electron chi connectivity index (χ2n) is 4.18. The minimum absolute atomic E-state index is 0.293. The van der Waals surface area contributed by atoms with E-state index in [1.165, 1.54) is 0 Å². The lowest BCUT2D eigenvalue weighted by Crippen LogP contribution is -2.39. The van der Waals surface area contributed by atoms with E-state index in [9.17, 15) is 4.79 Å². The highest BCUT2D eigenvalue weighted by Gasteiger charge is 2.26. The Kier molecular flexibility index (Phi) is 3.03. The Bertz CT molecular complexity index is 377. The van der Waals surface area contributed by atoms with E-state index in [0.29, 0.717) is 12.5 Å². The number of hydrogen-bond acceptors (Lipinski definition) is 4. The molecule has 5 heteroatoms. The molecular weight excluding hydrogens is 206 g/mol. The quantitative estimate of drug-likeness (QED) is 0.809. The molecule has 0 aliphatic carbocycles. The molecule has 1 aromatic heterocycles. The number of carboxylic acids is 1. The highest BCUT2D eigenvalue weighted by Crippen LogP contribution is 2.20. The van der Waals surface area contributed by atoms with Gasteiger partial charge in [0.1, 0.15) is 0 Å². The molecule has 86 valence electrons. The first-order valence-corrected chi connectivity index (χ1v) is 5.43. The SMILES string of the molecule is Cc1cnc(N2CCCC(C(=O)O)C2)nc1. The predicted octanol–water partition coefficient (Wildman–Crippen LogP) is 1.09. The molecule has 1 unspecified atom stereocenters. The summed E-state index contributed by atoms with van der Waals surface area (Å²) in [4.78, 5) is 21.3. The fourth-order valence-corrected chi connectivity index (χ4v) is 1.91. The van der Waals surface area contributed by atoms with E-state index >= 15 is 0 Å². The van der Waals surface area contributed by atoms with E-state index in [1.54, 1.807) is 12.4 Å². The molecule has 2 rings (SSSR count). The summed E-state index contributed by atoms with van der Waals surface area (Å²) in [6.07, 6.45) is 5.14. The molecule has 1 N–H and O–H groups in total. The number of anilines is 1. The number of carbonyl (C=O) groups is 1. The van der Waals surface area contributed by atoms with Crippen molar-refractivity contribution in [1.82, 2.24) is 9.97 Å². The van der Waals surface area contributed by atoms with Gasteiger partial charge in [0.05, 0.1) is 5.92 Å². The molecule has 1 aliphatic heterocycles. The third kappa shape index (κ3) is 2.29. The molecule has 0 amide bonds. The van der Waals surface area contributed by atoms with Gasteiger partial charge in [-0.25, -0.2) is 9.97 Å². The van der Waals surface area contributed by atoms with Crippen LogP contribution in [0, 0.1) is 12.8 Å². The molecule has 5 nitrogen and oxygen atoms in total. The van der Waals surface area contributed by atoms with Crippen LogP contribution in [0.25, 0.3) is 0 Å². The van der Waals surface area contributed by atoms with Crippen LogP contribution in [0.3, 0.4) is 0 Å². The van der Waals surface area contributed by atoms with Crippen LogP contribution in [-0.4, -0.2) is 34.1 Å². The fourth-order valence-electron chi connectivity index (χ4n) is 1.91. The lowest BCUT2D eigenvalue weighted by molar-refractivity contribution is -0.141. The molecule has 1 saturated heterocycles. The van der Waals surface area contributed by atoms with Crippen LogP contribution in [0.5, 0.6) is 0 Å². The highest BCUT2D eigenvalue weighted by molar-refractivity contribution is 5.71. The minimum Gasteiger partial charge on any atom is -0.481 e. The van der Waals surface area contributed by atoms with Crippen LogP contribution in [-0.2, 0) is 4.79 Å². The van der Waals surface area contributed by atoms with Crippen LogP contribution in [0.2, 0.25) is 0 Å². The number of hydrogen-bond donors (Lipinski definition) is 1. The number of carboxylic acid groups (broad SMARTS) is 1. The van der Waals surface area contributed by atoms with Gasteiger partial charge in [-0.15, -0.1) is 0 Å². The van der Waals surface area contributed by atoms with Gasteiger partial charge in [-0.05, 0) is 25.3 Å². The van der Waals surface area contributed by atoms with Crippen LogP contribution < -0.4 is 4.90 Å². The fraction of sp³-hybridized carbons (Fsp3) is 0.545. The second kappa shape index (κ2) is 4.47. The molecule has 16 heavy (non-hydrogen) atoms. The third-order valence-corrected chi connectivity index (χ3v) is 2.82. The zero-order valence-electron chi connectivity index (χ0n) is 9.26. The van der Waals surface area contributed by atoms with Gasteiger partial charge in [-0.2, -0.15) is 0 Å². The molecule has 0 bridgehead atoms. The van der Waals surface area contributed by atoms with Crippen LogP contribution in [0.4, 0.5) is 5.95 Å². The van der Waals surface area contributed by atoms with Crippen molar-refractivity contribution in [2.75, 3.05) is 18.0 Å². The minimum atomic E-state index is -0.725. The standard InChI is InChI=1S/C11H15N3O2/c1-8-5-12-11(13-6-8)14-4-2-3-9(7-14)10(15)16/h5-6,9H,2-4,7H2,1H3,(H,15,16). The van der Waals surface area contributed by atoms with E-state index in [1.807, 2.05) is 11.8 Å². The van der Waals surface area contributed by atoms with Crippen LogP contribution in [0.1, 0.15) is 18.4 Å². The van der Waals surface area contributed by atoms with Crippen molar-refractivity contribution in [1.29, 1.82) is 0 Å². The second-order valence-corrected chi connectivity index (χ2v) is 4.18. The molecule has 0 spiro atoms. The number of piperidine rings is 1. The molecule has 1 aromatic rings. The summed E-state index contributed by atoms with van der Waals surface area (Å²) in [7, 11) is 0. The van der Waals surface area contributed by atoms with Gasteiger partial charge in [0.25, 0.3) is 0 Å². The van der Waals surface area contributed by atoms with E-state index < -0.39 is 5.97 Å². The van der Waals surface area contributed by atoms with Gasteiger partial charge in [-0.3, -0.25) is 4.79 Å². The van der Waals surface area contributed by atoms with Crippen molar-refractivity contribution in [2.24, 2.45) is 5.92 Å². The lowest BCUT2D eigenvalue weighted by Gasteiger charge is -2.30. The van der Waals surface area contributed by atoms with Gasteiger partial charge < -0.3 is 10.0 Å². The monoisotopic (exact) mass is 221 g/mol. The highest BCUT2D eigenvalue weighted by atomic mass is 16.4. The average Bonchev–Trinajstić information content (AvgIpc) is 2.30. The zero-order valence-corrected chi connectivity index (χ0v) is 9.26.